The predicted octanol–water partition coefficient (Wildman–Crippen LogP) is 1.04. The lowest BCUT2D eigenvalue weighted by molar-refractivity contribution is -0.120. The van der Waals surface area contributed by atoms with Gasteiger partial charge in [0.1, 0.15) is 11.5 Å². The van der Waals surface area contributed by atoms with E-state index in [9.17, 15) is 14.7 Å². The first kappa shape index (κ1) is 15.5. The molecule has 1 aromatic heterocycles. The molecule has 7 nitrogen and oxygen atoms in total. The molecule has 0 saturated carbocycles. The summed E-state index contributed by atoms with van der Waals surface area (Å²) in [5, 5.41) is 26.5. The number of carbonyl (C=O) groups is 2. The number of hydrogen-bond donors (Lipinski definition) is 4. The molecule has 0 saturated heterocycles. The highest BCUT2D eigenvalue weighted by Crippen LogP contribution is 2.20. The van der Waals surface area contributed by atoms with Crippen LogP contribution >= 0.6 is 11.3 Å². The van der Waals surface area contributed by atoms with Gasteiger partial charge < -0.3 is 15.5 Å². The van der Waals surface area contributed by atoms with Gasteiger partial charge in [0.25, 0.3) is 11.8 Å². The van der Waals surface area contributed by atoms with E-state index < -0.39 is 5.91 Å². The van der Waals surface area contributed by atoms with Gasteiger partial charge in [-0.2, -0.15) is 5.10 Å². The van der Waals surface area contributed by atoms with Crippen molar-refractivity contribution in [3.05, 3.63) is 46.2 Å². The van der Waals surface area contributed by atoms with Crippen LogP contribution in [0, 0.1) is 0 Å². The number of nitrogens with one attached hydrogen (secondary N) is 2. The number of aromatic hydroxyl groups is 2. The third kappa shape index (κ3) is 4.32. The van der Waals surface area contributed by atoms with Gasteiger partial charge in [0.15, 0.2) is 0 Å². The fraction of sp³-hybridized carbons (Fsp3) is 0.0714. The second kappa shape index (κ2) is 7.23. The zero-order valence-electron chi connectivity index (χ0n) is 11.3. The number of benzene rings is 1. The fourth-order valence-electron chi connectivity index (χ4n) is 1.51. The summed E-state index contributed by atoms with van der Waals surface area (Å²) in [6.45, 7) is -0.213. The van der Waals surface area contributed by atoms with E-state index in [1.807, 2.05) is 0 Å². The Kier molecular flexibility index (Phi) is 5.10. The van der Waals surface area contributed by atoms with E-state index in [1.165, 1.54) is 29.7 Å². The van der Waals surface area contributed by atoms with Crippen molar-refractivity contribution >= 4 is 29.4 Å². The van der Waals surface area contributed by atoms with Gasteiger partial charge in [-0.15, -0.1) is 11.3 Å². The van der Waals surface area contributed by atoms with Gasteiger partial charge >= 0.3 is 0 Å². The molecule has 0 radical (unpaired) electrons. The van der Waals surface area contributed by atoms with Crippen molar-refractivity contribution in [2.45, 2.75) is 0 Å². The van der Waals surface area contributed by atoms with Crippen molar-refractivity contribution in [1.82, 2.24) is 10.7 Å². The summed E-state index contributed by atoms with van der Waals surface area (Å²) in [5.41, 5.74) is 2.55. The normalized spacial score (nSPS) is 10.5. The van der Waals surface area contributed by atoms with E-state index in [-0.39, 0.29) is 24.0 Å². The van der Waals surface area contributed by atoms with Crippen LogP contribution in [-0.2, 0) is 4.79 Å². The molecule has 0 aliphatic heterocycles. The number of nitrogens with zero attached hydrogens (tertiary/aromatic N) is 1. The van der Waals surface area contributed by atoms with Gasteiger partial charge in [-0.1, -0.05) is 6.07 Å². The number of hydrazone groups is 1. The monoisotopic (exact) mass is 319 g/mol. The highest BCUT2D eigenvalue weighted by Gasteiger charge is 2.08. The molecule has 0 fully saturated rings. The van der Waals surface area contributed by atoms with Crippen molar-refractivity contribution in [2.75, 3.05) is 6.54 Å². The SMILES string of the molecule is O=C(CNC(=O)c1cccs1)N/N=C\c1ccc(O)cc1O. The Morgan fingerprint density at radius 3 is 2.77 bits per heavy atom. The molecule has 0 aliphatic carbocycles. The lowest BCUT2D eigenvalue weighted by Gasteiger charge is -2.02. The smallest absolute Gasteiger partial charge is 0.261 e. The Hall–Kier alpha value is -2.87. The Bertz CT molecular complexity index is 698. The van der Waals surface area contributed by atoms with Gasteiger partial charge in [0.2, 0.25) is 0 Å². The minimum absolute atomic E-state index is 0.0741. The van der Waals surface area contributed by atoms with Crippen LogP contribution in [0.25, 0.3) is 0 Å². The van der Waals surface area contributed by atoms with Crippen LogP contribution < -0.4 is 10.7 Å². The number of phenolic OH excluding ortho intramolecular Hbond substituents is 2. The maximum absolute atomic E-state index is 11.6. The Morgan fingerprint density at radius 1 is 1.27 bits per heavy atom. The summed E-state index contributed by atoms with van der Waals surface area (Å²) in [4.78, 5) is 23.6. The molecule has 1 aromatic carbocycles. The number of phenols is 2. The first-order valence-electron chi connectivity index (χ1n) is 6.22. The second-order valence-electron chi connectivity index (χ2n) is 4.20. The summed E-state index contributed by atoms with van der Waals surface area (Å²) >= 11 is 1.28. The zero-order chi connectivity index (χ0) is 15.9. The Balaban J connectivity index is 1.80. The van der Waals surface area contributed by atoms with Crippen LogP contribution in [0.3, 0.4) is 0 Å². The molecular formula is C14H13N3O4S. The van der Waals surface area contributed by atoms with Gasteiger partial charge in [0.05, 0.1) is 17.6 Å². The average molecular weight is 319 g/mol. The molecular weight excluding hydrogens is 306 g/mol. The van der Waals surface area contributed by atoms with Gasteiger partial charge in [-0.05, 0) is 23.6 Å². The fourth-order valence-corrected chi connectivity index (χ4v) is 2.15. The highest BCUT2D eigenvalue weighted by atomic mass is 32.1. The van der Waals surface area contributed by atoms with Crippen molar-refractivity contribution in [3.63, 3.8) is 0 Å². The van der Waals surface area contributed by atoms with Crippen molar-refractivity contribution in [3.8, 4) is 11.5 Å². The maximum Gasteiger partial charge on any atom is 0.261 e. The molecule has 0 aliphatic rings. The van der Waals surface area contributed by atoms with Crippen LogP contribution in [0.5, 0.6) is 11.5 Å². The lowest BCUT2D eigenvalue weighted by atomic mass is 10.2. The molecule has 114 valence electrons. The molecule has 2 aromatic rings. The minimum Gasteiger partial charge on any atom is -0.508 e. The summed E-state index contributed by atoms with van der Waals surface area (Å²) in [5.74, 6) is -1.07. The van der Waals surface area contributed by atoms with Gasteiger partial charge in [0, 0.05) is 11.6 Å². The minimum atomic E-state index is -0.501. The maximum atomic E-state index is 11.6. The van der Waals surface area contributed by atoms with Gasteiger partial charge in [-0.25, -0.2) is 5.43 Å². The number of thiophene rings is 1. The number of hydrogen-bond acceptors (Lipinski definition) is 6. The summed E-state index contributed by atoms with van der Waals surface area (Å²) in [6, 6.07) is 7.38. The van der Waals surface area contributed by atoms with Crippen LogP contribution in [0.2, 0.25) is 0 Å². The first-order chi connectivity index (χ1) is 10.6. The Labute approximate surface area is 129 Å². The molecule has 2 rings (SSSR count). The molecule has 2 amide bonds. The summed E-state index contributed by atoms with van der Waals surface area (Å²) in [6.07, 6.45) is 1.23. The number of rotatable bonds is 5. The quantitative estimate of drug-likeness (QED) is 0.487. The summed E-state index contributed by atoms with van der Waals surface area (Å²) in [7, 11) is 0. The van der Waals surface area contributed by atoms with Gasteiger partial charge in [-0.3, -0.25) is 9.59 Å². The molecule has 0 atom stereocenters. The van der Waals surface area contributed by atoms with Crippen molar-refractivity contribution < 1.29 is 19.8 Å². The van der Waals surface area contributed by atoms with E-state index in [2.05, 4.69) is 15.8 Å². The average Bonchev–Trinajstić information content (AvgIpc) is 3.01. The molecule has 8 heteroatoms. The third-order valence-electron chi connectivity index (χ3n) is 2.56. The molecule has 22 heavy (non-hydrogen) atoms. The molecule has 1 heterocycles. The number of carbonyl (C=O) groups excluding carboxylic acids is 2. The topological polar surface area (TPSA) is 111 Å². The predicted molar refractivity (Wildman–Crippen MR) is 82.2 cm³/mol. The number of amides is 2. The largest absolute Gasteiger partial charge is 0.508 e. The van der Waals surface area contributed by atoms with Crippen molar-refractivity contribution in [1.29, 1.82) is 0 Å². The summed E-state index contributed by atoms with van der Waals surface area (Å²) < 4.78 is 0. The lowest BCUT2D eigenvalue weighted by Crippen LogP contribution is -2.34. The molecule has 0 bridgehead atoms. The van der Waals surface area contributed by atoms with Crippen LogP contribution in [0.15, 0.2) is 40.8 Å². The first-order valence-corrected chi connectivity index (χ1v) is 7.10. The highest BCUT2D eigenvalue weighted by molar-refractivity contribution is 7.12. The van der Waals surface area contributed by atoms with Crippen molar-refractivity contribution in [2.24, 2.45) is 5.10 Å². The molecule has 0 spiro atoms. The van der Waals surface area contributed by atoms with E-state index >= 15 is 0 Å². The van der Waals surface area contributed by atoms with E-state index in [1.54, 1.807) is 17.5 Å². The van der Waals surface area contributed by atoms with E-state index in [4.69, 9.17) is 5.11 Å². The van der Waals surface area contributed by atoms with Crippen LogP contribution in [0.4, 0.5) is 0 Å². The second-order valence-corrected chi connectivity index (χ2v) is 5.14. The van der Waals surface area contributed by atoms with E-state index in [0.717, 1.165) is 6.07 Å². The zero-order valence-corrected chi connectivity index (χ0v) is 12.1. The van der Waals surface area contributed by atoms with Crippen LogP contribution in [0.1, 0.15) is 15.2 Å². The Morgan fingerprint density at radius 2 is 2.09 bits per heavy atom. The molecule has 0 unspecified atom stereocenters. The molecule has 4 N–H and O–H groups in total. The standard InChI is InChI=1S/C14H13N3O4S/c18-10-4-3-9(11(19)6-10)7-16-17-13(20)8-15-14(21)12-2-1-5-22-12/h1-7,18-19H,8H2,(H,15,21)(H,17,20)/b16-7-. The third-order valence-corrected chi connectivity index (χ3v) is 3.43. The van der Waals surface area contributed by atoms with Crippen LogP contribution in [-0.4, -0.2) is 34.8 Å². The van der Waals surface area contributed by atoms with E-state index in [0.29, 0.717) is 10.4 Å².